The second-order valence-corrected chi connectivity index (χ2v) is 8.95. The first-order chi connectivity index (χ1) is 18.3. The average Bonchev–Trinajstić information content (AvgIpc) is 3.44. The van der Waals surface area contributed by atoms with Crippen LogP contribution in [0.3, 0.4) is 0 Å². The minimum Gasteiger partial charge on any atom is -0.479 e. The SMILES string of the molecule is COCCN1CC(NC(=O)Nc2c(C)c(OCC(=O)O)nn2-c2ccccc2)C(c2ccc(F)c(F)c2)C1. The fourth-order valence-corrected chi connectivity index (χ4v) is 4.47. The molecule has 1 saturated heterocycles. The van der Waals surface area contributed by atoms with Crippen LogP contribution in [0.1, 0.15) is 17.0 Å². The number of halogens is 2. The number of carboxylic acid groups (broad SMARTS) is 1. The summed E-state index contributed by atoms with van der Waals surface area (Å²) in [6, 6.07) is 11.8. The Hall–Kier alpha value is -4.03. The van der Waals surface area contributed by atoms with Gasteiger partial charge in [0, 0.05) is 32.7 Å². The first kappa shape index (κ1) is 27.0. The molecule has 0 bridgehead atoms. The van der Waals surface area contributed by atoms with Crippen LogP contribution >= 0.6 is 0 Å². The third-order valence-corrected chi connectivity index (χ3v) is 6.34. The number of hydrogen-bond donors (Lipinski definition) is 3. The molecule has 0 radical (unpaired) electrons. The van der Waals surface area contributed by atoms with Gasteiger partial charge < -0.3 is 19.9 Å². The van der Waals surface area contributed by atoms with Gasteiger partial charge >= 0.3 is 12.0 Å². The maximum atomic E-state index is 14.0. The lowest BCUT2D eigenvalue weighted by Crippen LogP contribution is -2.42. The molecule has 1 aliphatic rings. The van der Waals surface area contributed by atoms with Gasteiger partial charge in [0.1, 0.15) is 5.82 Å². The molecule has 1 aliphatic heterocycles. The normalized spacial score (nSPS) is 17.4. The van der Waals surface area contributed by atoms with Crippen LogP contribution in [-0.2, 0) is 9.53 Å². The molecule has 3 N–H and O–H groups in total. The van der Waals surface area contributed by atoms with Crippen molar-refractivity contribution >= 4 is 17.8 Å². The minimum absolute atomic E-state index is 0.0674. The van der Waals surface area contributed by atoms with Crippen LogP contribution in [0.5, 0.6) is 5.88 Å². The van der Waals surface area contributed by atoms with E-state index < -0.39 is 36.3 Å². The number of aromatic nitrogens is 2. The molecule has 202 valence electrons. The molecule has 10 nitrogen and oxygen atoms in total. The van der Waals surface area contributed by atoms with Gasteiger partial charge in [0.25, 0.3) is 0 Å². The van der Waals surface area contributed by atoms with Crippen LogP contribution < -0.4 is 15.4 Å². The number of likely N-dealkylation sites (tertiary alicyclic amines) is 1. The smallest absolute Gasteiger partial charge is 0.341 e. The number of hydrogen-bond acceptors (Lipinski definition) is 6. The number of amides is 2. The molecule has 2 amide bonds. The number of ether oxygens (including phenoxy) is 2. The van der Waals surface area contributed by atoms with Crippen LogP contribution in [0.15, 0.2) is 48.5 Å². The summed E-state index contributed by atoms with van der Waals surface area (Å²) < 4.78 is 39.5. The Morgan fingerprint density at radius 1 is 1.13 bits per heavy atom. The summed E-state index contributed by atoms with van der Waals surface area (Å²) in [6.45, 7) is 3.16. The maximum Gasteiger partial charge on any atom is 0.341 e. The minimum atomic E-state index is -1.16. The Morgan fingerprint density at radius 2 is 1.89 bits per heavy atom. The fraction of sp³-hybridized carbons (Fsp3) is 0.346. The van der Waals surface area contributed by atoms with Crippen molar-refractivity contribution in [2.24, 2.45) is 0 Å². The predicted molar refractivity (Wildman–Crippen MR) is 135 cm³/mol. The van der Waals surface area contributed by atoms with Gasteiger partial charge in [-0.2, -0.15) is 0 Å². The second-order valence-electron chi connectivity index (χ2n) is 8.95. The molecule has 12 heteroatoms. The number of anilines is 1. The Kier molecular flexibility index (Phi) is 8.54. The van der Waals surface area contributed by atoms with E-state index in [4.69, 9.17) is 14.6 Å². The molecule has 38 heavy (non-hydrogen) atoms. The molecule has 1 fully saturated rings. The lowest BCUT2D eigenvalue weighted by molar-refractivity contribution is -0.139. The van der Waals surface area contributed by atoms with E-state index in [1.165, 1.54) is 10.7 Å². The lowest BCUT2D eigenvalue weighted by Gasteiger charge is -2.21. The van der Waals surface area contributed by atoms with Crippen LogP contribution in [0.2, 0.25) is 0 Å². The Bertz CT molecular complexity index is 1290. The van der Waals surface area contributed by atoms with Gasteiger partial charge in [-0.3, -0.25) is 10.2 Å². The van der Waals surface area contributed by atoms with Crippen molar-refractivity contribution < 1.29 is 33.0 Å². The molecule has 0 aliphatic carbocycles. The topological polar surface area (TPSA) is 118 Å². The summed E-state index contributed by atoms with van der Waals surface area (Å²) >= 11 is 0. The number of nitrogens with zero attached hydrogens (tertiary/aromatic N) is 3. The number of urea groups is 1. The van der Waals surface area contributed by atoms with Crippen LogP contribution in [0.4, 0.5) is 19.4 Å². The number of methoxy groups -OCH3 is 1. The number of aliphatic carboxylic acids is 1. The highest BCUT2D eigenvalue weighted by molar-refractivity contribution is 5.90. The van der Waals surface area contributed by atoms with Gasteiger partial charge in [-0.25, -0.2) is 23.1 Å². The maximum absolute atomic E-state index is 14.0. The molecule has 0 spiro atoms. The van der Waals surface area contributed by atoms with Crippen molar-refractivity contribution in [2.45, 2.75) is 18.9 Å². The summed E-state index contributed by atoms with van der Waals surface area (Å²) in [5, 5.41) is 19.1. The Labute approximate surface area is 218 Å². The standard InChI is InChI=1S/C26H29F2N5O5/c1-16-24(33(18-6-4-3-5-7-18)31-25(16)38-15-23(34)35)30-26(36)29-22-14-32(10-11-37-2)13-19(22)17-8-9-20(27)21(28)12-17/h3-9,12,19,22H,10-11,13-15H2,1-2H3,(H,34,35)(H2,29,30,36). The van der Waals surface area contributed by atoms with E-state index in [1.807, 2.05) is 6.07 Å². The third kappa shape index (κ3) is 6.26. The lowest BCUT2D eigenvalue weighted by atomic mass is 9.94. The molecule has 2 atom stereocenters. The van der Waals surface area contributed by atoms with E-state index in [0.717, 1.165) is 12.1 Å². The number of carboxylic acids is 1. The van der Waals surface area contributed by atoms with Crippen molar-refractivity contribution in [2.75, 3.05) is 45.3 Å². The van der Waals surface area contributed by atoms with Crippen molar-refractivity contribution in [1.29, 1.82) is 0 Å². The van der Waals surface area contributed by atoms with Gasteiger partial charge in [0.15, 0.2) is 18.2 Å². The summed E-state index contributed by atoms with van der Waals surface area (Å²) in [7, 11) is 1.60. The van der Waals surface area contributed by atoms with E-state index in [-0.39, 0.29) is 11.8 Å². The van der Waals surface area contributed by atoms with Crippen molar-refractivity contribution in [3.63, 3.8) is 0 Å². The van der Waals surface area contributed by atoms with Crippen molar-refractivity contribution in [1.82, 2.24) is 20.0 Å². The van der Waals surface area contributed by atoms with E-state index in [0.29, 0.717) is 48.9 Å². The van der Waals surface area contributed by atoms with Crippen LogP contribution in [0.25, 0.3) is 5.69 Å². The largest absolute Gasteiger partial charge is 0.479 e. The van der Waals surface area contributed by atoms with Crippen LogP contribution in [-0.4, -0.2) is 77.8 Å². The first-order valence-electron chi connectivity index (χ1n) is 12.0. The summed E-state index contributed by atoms with van der Waals surface area (Å²) in [5.74, 6) is -2.96. The zero-order valence-electron chi connectivity index (χ0n) is 21.0. The zero-order chi connectivity index (χ0) is 27.2. The monoisotopic (exact) mass is 529 g/mol. The van der Waals surface area contributed by atoms with Gasteiger partial charge in [-0.1, -0.05) is 24.3 Å². The van der Waals surface area contributed by atoms with Crippen molar-refractivity contribution in [3.05, 3.63) is 71.3 Å². The second kappa shape index (κ2) is 12.0. The molecule has 2 heterocycles. The molecule has 1 aromatic heterocycles. The highest BCUT2D eigenvalue weighted by Crippen LogP contribution is 2.30. The summed E-state index contributed by atoms with van der Waals surface area (Å²) in [6.07, 6.45) is 0. The molecular formula is C26H29F2N5O5. The van der Waals surface area contributed by atoms with Gasteiger partial charge in [0.05, 0.1) is 23.9 Å². The number of rotatable bonds is 10. The molecule has 2 aromatic carbocycles. The summed E-state index contributed by atoms with van der Waals surface area (Å²) in [5.41, 5.74) is 1.64. The molecular weight excluding hydrogens is 500 g/mol. The summed E-state index contributed by atoms with van der Waals surface area (Å²) in [4.78, 5) is 26.3. The van der Waals surface area contributed by atoms with E-state index >= 15 is 0 Å². The number of nitrogens with one attached hydrogen (secondary N) is 2. The Morgan fingerprint density at radius 3 is 2.58 bits per heavy atom. The number of carbonyl (C=O) groups excluding carboxylic acids is 1. The van der Waals surface area contributed by atoms with Crippen molar-refractivity contribution in [3.8, 4) is 11.6 Å². The molecule has 0 saturated carbocycles. The predicted octanol–water partition coefficient (Wildman–Crippen LogP) is 3.16. The van der Waals surface area contributed by atoms with E-state index in [2.05, 4.69) is 20.6 Å². The zero-order valence-corrected chi connectivity index (χ0v) is 21.0. The number of para-hydroxylation sites is 1. The van der Waals surface area contributed by atoms with E-state index in [9.17, 15) is 18.4 Å². The van der Waals surface area contributed by atoms with Crippen LogP contribution in [0, 0.1) is 18.6 Å². The quantitative estimate of drug-likeness (QED) is 0.369. The molecule has 2 unspecified atom stereocenters. The molecule has 3 aromatic rings. The third-order valence-electron chi connectivity index (χ3n) is 6.34. The highest BCUT2D eigenvalue weighted by Gasteiger charge is 2.35. The first-order valence-corrected chi connectivity index (χ1v) is 12.0. The Balaban J connectivity index is 1.57. The number of benzene rings is 2. The van der Waals surface area contributed by atoms with Gasteiger partial charge in [0.2, 0.25) is 5.88 Å². The van der Waals surface area contributed by atoms with Gasteiger partial charge in [-0.15, -0.1) is 5.10 Å². The molecule has 4 rings (SSSR count). The average molecular weight is 530 g/mol. The fourth-order valence-electron chi connectivity index (χ4n) is 4.47. The van der Waals surface area contributed by atoms with Gasteiger partial charge in [-0.05, 0) is 36.8 Å². The number of carbonyl (C=O) groups is 2. The highest BCUT2D eigenvalue weighted by atomic mass is 19.2. The van der Waals surface area contributed by atoms with E-state index in [1.54, 1.807) is 38.3 Å².